The summed E-state index contributed by atoms with van der Waals surface area (Å²) in [6.45, 7) is 3.03. The van der Waals surface area contributed by atoms with E-state index in [9.17, 15) is 27.9 Å². The molecular weight excluding hydrogens is 335 g/mol. The summed E-state index contributed by atoms with van der Waals surface area (Å²) < 4.78 is 42.7. The van der Waals surface area contributed by atoms with Gasteiger partial charge in [-0.15, -0.1) is 0 Å². The molecule has 7 heteroatoms. The molecule has 128 valence electrons. The molecule has 0 aliphatic carbocycles. The van der Waals surface area contributed by atoms with E-state index in [1.54, 1.807) is 6.92 Å². The smallest absolute Gasteiger partial charge is 0.341 e. The minimum atomic E-state index is -1.53. The average molecular weight is 347 g/mol. The van der Waals surface area contributed by atoms with Crippen molar-refractivity contribution in [3.8, 4) is 5.69 Å². The van der Waals surface area contributed by atoms with Crippen molar-refractivity contribution < 1.29 is 23.1 Å². The molecule has 3 rings (SSSR count). The highest BCUT2D eigenvalue weighted by atomic mass is 19.1. The van der Waals surface area contributed by atoms with Crippen LogP contribution in [0.2, 0.25) is 0 Å². The van der Waals surface area contributed by atoms with E-state index in [-0.39, 0.29) is 22.2 Å². The first-order chi connectivity index (χ1) is 11.7. The second-order valence-corrected chi connectivity index (χ2v) is 5.65. The van der Waals surface area contributed by atoms with Gasteiger partial charge in [0.1, 0.15) is 23.0 Å². The molecule has 0 radical (unpaired) electrons. The van der Waals surface area contributed by atoms with E-state index in [0.717, 1.165) is 29.0 Å². The van der Waals surface area contributed by atoms with Gasteiger partial charge >= 0.3 is 5.97 Å². The van der Waals surface area contributed by atoms with E-state index < -0.39 is 34.4 Å². The number of aromatic carboxylic acids is 1. The van der Waals surface area contributed by atoms with Crippen molar-refractivity contribution >= 4 is 16.9 Å². The van der Waals surface area contributed by atoms with Crippen molar-refractivity contribution in [2.75, 3.05) is 0 Å². The van der Waals surface area contributed by atoms with E-state index in [0.29, 0.717) is 11.6 Å². The standard InChI is InChI=1S/C18H12F3NO3/c1-8-9(2)16-11(6-13(8)20)17(23)12(18(24)25)7-22(16)15-4-3-10(19)5-14(15)21/h3-7H,1-2H3,(H,24,25). The molecule has 2 aromatic carbocycles. The van der Waals surface area contributed by atoms with Gasteiger partial charge < -0.3 is 9.67 Å². The van der Waals surface area contributed by atoms with Crippen LogP contribution in [0.1, 0.15) is 21.5 Å². The van der Waals surface area contributed by atoms with Crippen LogP contribution in [-0.2, 0) is 0 Å². The molecule has 0 saturated carbocycles. The number of nitrogens with zero attached hydrogens (tertiary/aromatic N) is 1. The molecule has 0 bridgehead atoms. The van der Waals surface area contributed by atoms with Gasteiger partial charge in [0.15, 0.2) is 0 Å². The third kappa shape index (κ3) is 2.57. The minimum absolute atomic E-state index is 0.150. The number of carboxylic acid groups (broad SMARTS) is 1. The van der Waals surface area contributed by atoms with E-state index >= 15 is 0 Å². The topological polar surface area (TPSA) is 59.3 Å². The predicted molar refractivity (Wildman–Crippen MR) is 85.9 cm³/mol. The first-order valence-corrected chi connectivity index (χ1v) is 7.26. The summed E-state index contributed by atoms with van der Waals surface area (Å²) in [5, 5.41) is 9.05. The maximum absolute atomic E-state index is 14.2. The summed E-state index contributed by atoms with van der Waals surface area (Å²) in [7, 11) is 0. The van der Waals surface area contributed by atoms with Crippen LogP contribution in [0.3, 0.4) is 0 Å². The zero-order chi connectivity index (χ0) is 18.5. The van der Waals surface area contributed by atoms with Gasteiger partial charge in [0.05, 0.1) is 16.6 Å². The highest BCUT2D eigenvalue weighted by molar-refractivity contribution is 5.94. The van der Waals surface area contributed by atoms with E-state index in [2.05, 4.69) is 0 Å². The number of hydrogen-bond acceptors (Lipinski definition) is 2. The summed E-state index contributed by atoms with van der Waals surface area (Å²) in [5.41, 5.74) is -0.899. The fraction of sp³-hybridized carbons (Fsp3) is 0.111. The number of pyridine rings is 1. The van der Waals surface area contributed by atoms with Crippen LogP contribution in [0.25, 0.3) is 16.6 Å². The molecule has 1 N–H and O–H groups in total. The van der Waals surface area contributed by atoms with Gasteiger partial charge in [0.2, 0.25) is 5.43 Å². The number of carboxylic acids is 1. The Morgan fingerprint density at radius 1 is 1.04 bits per heavy atom. The lowest BCUT2D eigenvalue weighted by molar-refractivity contribution is 0.0695. The van der Waals surface area contributed by atoms with Gasteiger partial charge in [0, 0.05) is 12.3 Å². The highest BCUT2D eigenvalue weighted by Crippen LogP contribution is 2.27. The SMILES string of the molecule is Cc1c(F)cc2c(=O)c(C(=O)O)cn(-c3ccc(F)cc3F)c2c1C. The van der Waals surface area contributed by atoms with Crippen molar-refractivity contribution in [2.45, 2.75) is 13.8 Å². The Morgan fingerprint density at radius 3 is 2.32 bits per heavy atom. The predicted octanol–water partition coefficient (Wildman–Crippen LogP) is 3.72. The second-order valence-electron chi connectivity index (χ2n) is 5.65. The third-order valence-electron chi connectivity index (χ3n) is 4.19. The first kappa shape index (κ1) is 16.8. The Morgan fingerprint density at radius 2 is 1.72 bits per heavy atom. The molecule has 0 amide bonds. The number of benzene rings is 2. The summed E-state index contributed by atoms with van der Waals surface area (Å²) in [5.74, 6) is -3.94. The van der Waals surface area contributed by atoms with Crippen molar-refractivity contribution in [1.82, 2.24) is 4.57 Å². The largest absolute Gasteiger partial charge is 0.477 e. The molecule has 1 aromatic heterocycles. The van der Waals surface area contributed by atoms with Gasteiger partial charge in [-0.25, -0.2) is 18.0 Å². The monoisotopic (exact) mass is 347 g/mol. The van der Waals surface area contributed by atoms with Crippen molar-refractivity contribution in [3.63, 3.8) is 0 Å². The molecule has 0 aliphatic heterocycles. The molecule has 25 heavy (non-hydrogen) atoms. The van der Waals surface area contributed by atoms with Crippen LogP contribution in [0.5, 0.6) is 0 Å². The lowest BCUT2D eigenvalue weighted by Gasteiger charge is -2.17. The lowest BCUT2D eigenvalue weighted by atomic mass is 10.0. The van der Waals surface area contributed by atoms with Crippen molar-refractivity contribution in [1.29, 1.82) is 0 Å². The van der Waals surface area contributed by atoms with Gasteiger partial charge in [0.25, 0.3) is 0 Å². The fourth-order valence-corrected chi connectivity index (χ4v) is 2.76. The minimum Gasteiger partial charge on any atom is -0.477 e. The van der Waals surface area contributed by atoms with Crippen LogP contribution >= 0.6 is 0 Å². The summed E-state index contributed by atoms with van der Waals surface area (Å²) in [4.78, 5) is 23.8. The van der Waals surface area contributed by atoms with Crippen molar-refractivity contribution in [3.05, 3.63) is 74.8 Å². The molecule has 0 unspecified atom stereocenters. The van der Waals surface area contributed by atoms with Crippen molar-refractivity contribution in [2.24, 2.45) is 0 Å². The highest BCUT2D eigenvalue weighted by Gasteiger charge is 2.20. The molecule has 0 saturated heterocycles. The van der Waals surface area contributed by atoms with Crippen LogP contribution in [0, 0.1) is 31.3 Å². The van der Waals surface area contributed by atoms with E-state index in [1.807, 2.05) is 0 Å². The molecule has 0 spiro atoms. The summed E-state index contributed by atoms with van der Waals surface area (Å²) in [6, 6.07) is 3.71. The number of aromatic nitrogens is 1. The lowest BCUT2D eigenvalue weighted by Crippen LogP contribution is -2.20. The number of rotatable bonds is 2. The molecular formula is C18H12F3NO3. The Labute approximate surface area is 139 Å². The molecule has 4 nitrogen and oxygen atoms in total. The summed E-state index contributed by atoms with van der Waals surface area (Å²) in [6.07, 6.45) is 0.966. The van der Waals surface area contributed by atoms with E-state index in [4.69, 9.17) is 0 Å². The van der Waals surface area contributed by atoms with Gasteiger partial charge in [-0.2, -0.15) is 0 Å². The summed E-state index contributed by atoms with van der Waals surface area (Å²) >= 11 is 0. The zero-order valence-corrected chi connectivity index (χ0v) is 13.2. The molecule has 1 heterocycles. The van der Waals surface area contributed by atoms with Crippen LogP contribution < -0.4 is 5.43 Å². The van der Waals surface area contributed by atoms with Gasteiger partial charge in [-0.3, -0.25) is 4.79 Å². The normalized spacial score (nSPS) is 11.1. The maximum Gasteiger partial charge on any atom is 0.341 e. The number of hydrogen-bond donors (Lipinski definition) is 1. The number of fused-ring (bicyclic) bond motifs is 1. The zero-order valence-electron chi connectivity index (χ0n) is 13.2. The van der Waals surface area contributed by atoms with E-state index in [1.165, 1.54) is 6.92 Å². The van der Waals surface area contributed by atoms with Crippen LogP contribution in [-0.4, -0.2) is 15.6 Å². The van der Waals surface area contributed by atoms with Crippen LogP contribution in [0.4, 0.5) is 13.2 Å². The number of aryl methyl sites for hydroxylation is 1. The van der Waals surface area contributed by atoms with Crippen LogP contribution in [0.15, 0.2) is 35.3 Å². The second kappa shape index (κ2) is 5.77. The molecule has 0 atom stereocenters. The Hall–Kier alpha value is -3.09. The maximum atomic E-state index is 14.2. The third-order valence-corrected chi connectivity index (χ3v) is 4.19. The number of halogens is 3. The van der Waals surface area contributed by atoms with Gasteiger partial charge in [-0.1, -0.05) is 0 Å². The molecule has 3 aromatic rings. The molecule has 0 aliphatic rings. The Kier molecular flexibility index (Phi) is 3.87. The quantitative estimate of drug-likeness (QED) is 0.769. The number of carbonyl (C=O) groups is 1. The first-order valence-electron chi connectivity index (χ1n) is 7.26. The Balaban J connectivity index is 2.57. The fourth-order valence-electron chi connectivity index (χ4n) is 2.76. The van der Waals surface area contributed by atoms with Gasteiger partial charge in [-0.05, 0) is 43.2 Å². The molecule has 0 fully saturated rings. The Bertz CT molecular complexity index is 1100. The average Bonchev–Trinajstić information content (AvgIpc) is 2.54.